The number of fused-ring (bicyclic) bond motifs is 9. The number of aromatic nitrogens is 1. The summed E-state index contributed by atoms with van der Waals surface area (Å²) in [5, 5.41) is 12.3. The largest absolute Gasteiger partial charge is 0.310 e. The Hall–Kier alpha value is -8.72. The lowest BCUT2D eigenvalue weighted by Gasteiger charge is -2.29. The zero-order valence-corrected chi connectivity index (χ0v) is 36.1. The molecule has 0 N–H and O–H groups in total. The fraction of sp³-hybridized carbons (Fsp3) is 0. The maximum atomic E-state index is 2.49. The van der Waals surface area contributed by atoms with E-state index in [1.54, 1.807) is 0 Å². The zero-order valence-electron chi connectivity index (χ0n) is 36.1. The van der Waals surface area contributed by atoms with Crippen LogP contribution in [-0.2, 0) is 0 Å². The molecule has 1 aromatic heterocycles. The van der Waals surface area contributed by atoms with Crippen LogP contribution in [0, 0.1) is 0 Å². The molecule has 0 aliphatic rings. The smallest absolute Gasteiger partial charge is 0.0546 e. The molecule has 0 amide bonds. The number of anilines is 3. The quantitative estimate of drug-likeness (QED) is 0.145. The van der Waals surface area contributed by atoms with Crippen molar-refractivity contribution in [3.05, 3.63) is 255 Å². The van der Waals surface area contributed by atoms with Gasteiger partial charge in [0.15, 0.2) is 0 Å². The van der Waals surface area contributed by atoms with Crippen LogP contribution in [0.3, 0.4) is 0 Å². The molecule has 0 spiro atoms. The van der Waals surface area contributed by atoms with E-state index in [0.717, 1.165) is 28.3 Å². The van der Waals surface area contributed by atoms with Crippen LogP contribution in [0.2, 0.25) is 0 Å². The standard InChI is InChI=1S/C64H42N2/c1-4-19-43(20-5-1)63-57-33-15-13-30-53(57)54-37-36-50(42-59(54)64(63)44-21-6-2-7-22-44)65(62-41-47-23-10-11-28-51(47)52-29-12-14-31-55(52)62)49-27-18-24-45(39-49)46-35-38-61-58(40-46)56-32-16-17-34-60(56)66(61)48-25-8-3-9-26-48/h1-42H. The number of nitrogens with zero attached hydrogens (tertiary/aromatic N) is 2. The van der Waals surface area contributed by atoms with Crippen molar-refractivity contribution in [3.8, 4) is 39.1 Å². The maximum Gasteiger partial charge on any atom is 0.0546 e. The van der Waals surface area contributed by atoms with Crippen molar-refractivity contribution < 1.29 is 0 Å². The Morgan fingerprint density at radius 1 is 0.258 bits per heavy atom. The van der Waals surface area contributed by atoms with Gasteiger partial charge in [0.2, 0.25) is 0 Å². The summed E-state index contributed by atoms with van der Waals surface area (Å²) in [6.45, 7) is 0. The van der Waals surface area contributed by atoms with Crippen molar-refractivity contribution in [2.45, 2.75) is 0 Å². The van der Waals surface area contributed by atoms with Gasteiger partial charge < -0.3 is 9.47 Å². The molecule has 13 aromatic rings. The summed E-state index contributed by atoms with van der Waals surface area (Å²) in [6, 6.07) is 93.4. The van der Waals surface area contributed by atoms with Gasteiger partial charge in [0.25, 0.3) is 0 Å². The summed E-state index contributed by atoms with van der Waals surface area (Å²) >= 11 is 0. The monoisotopic (exact) mass is 838 g/mol. The summed E-state index contributed by atoms with van der Waals surface area (Å²) in [4.78, 5) is 2.49. The molecule has 2 heteroatoms. The predicted molar refractivity (Wildman–Crippen MR) is 282 cm³/mol. The number of hydrogen-bond acceptors (Lipinski definition) is 1. The lowest BCUT2D eigenvalue weighted by molar-refractivity contribution is 1.18. The molecule has 308 valence electrons. The van der Waals surface area contributed by atoms with Gasteiger partial charge >= 0.3 is 0 Å². The van der Waals surface area contributed by atoms with Gasteiger partial charge in [0, 0.05) is 33.2 Å². The van der Waals surface area contributed by atoms with Crippen LogP contribution in [0.1, 0.15) is 0 Å². The maximum absolute atomic E-state index is 2.49. The Kier molecular flexibility index (Phi) is 8.89. The first-order valence-electron chi connectivity index (χ1n) is 22.8. The molecule has 0 unspecified atom stereocenters. The van der Waals surface area contributed by atoms with Crippen molar-refractivity contribution >= 4 is 82.0 Å². The van der Waals surface area contributed by atoms with Gasteiger partial charge in [-0.2, -0.15) is 0 Å². The van der Waals surface area contributed by atoms with Crippen LogP contribution < -0.4 is 4.90 Å². The first-order valence-corrected chi connectivity index (χ1v) is 22.8. The van der Waals surface area contributed by atoms with Crippen molar-refractivity contribution in [2.75, 3.05) is 4.90 Å². The molecule has 1 heterocycles. The lowest BCUT2D eigenvalue weighted by atomic mass is 9.85. The third-order valence-electron chi connectivity index (χ3n) is 13.5. The summed E-state index contributed by atoms with van der Waals surface area (Å²) < 4.78 is 2.38. The van der Waals surface area contributed by atoms with Crippen LogP contribution in [0.4, 0.5) is 17.1 Å². The molecule has 0 bridgehead atoms. The molecule has 0 radical (unpaired) electrons. The molecule has 0 saturated heterocycles. The van der Waals surface area contributed by atoms with E-state index in [-0.39, 0.29) is 0 Å². The third kappa shape index (κ3) is 6.11. The van der Waals surface area contributed by atoms with E-state index < -0.39 is 0 Å². The van der Waals surface area contributed by atoms with Gasteiger partial charge in [-0.05, 0) is 132 Å². The molecule has 0 atom stereocenters. The fourth-order valence-electron chi connectivity index (χ4n) is 10.6. The molecule has 0 aliphatic carbocycles. The highest BCUT2D eigenvalue weighted by Crippen LogP contribution is 2.49. The summed E-state index contributed by atoms with van der Waals surface area (Å²) in [7, 11) is 0. The highest BCUT2D eigenvalue weighted by molar-refractivity contribution is 6.23. The van der Waals surface area contributed by atoms with Gasteiger partial charge in [-0.25, -0.2) is 0 Å². The van der Waals surface area contributed by atoms with E-state index in [2.05, 4.69) is 264 Å². The van der Waals surface area contributed by atoms with Crippen molar-refractivity contribution in [2.24, 2.45) is 0 Å². The van der Waals surface area contributed by atoms with Crippen LogP contribution in [-0.4, -0.2) is 4.57 Å². The van der Waals surface area contributed by atoms with E-state index in [0.29, 0.717) is 0 Å². The average Bonchev–Trinajstić information content (AvgIpc) is 3.73. The van der Waals surface area contributed by atoms with E-state index in [9.17, 15) is 0 Å². The summed E-state index contributed by atoms with van der Waals surface area (Å²) in [5.74, 6) is 0. The second-order valence-corrected chi connectivity index (χ2v) is 17.2. The van der Waals surface area contributed by atoms with Crippen LogP contribution in [0.25, 0.3) is 104 Å². The second kappa shape index (κ2) is 15.5. The Bertz CT molecular complexity index is 3980. The Morgan fingerprint density at radius 2 is 0.773 bits per heavy atom. The molecular weight excluding hydrogens is 797 g/mol. The Balaban J connectivity index is 1.08. The van der Waals surface area contributed by atoms with Gasteiger partial charge in [0.1, 0.15) is 0 Å². The topological polar surface area (TPSA) is 8.17 Å². The molecule has 0 saturated carbocycles. The van der Waals surface area contributed by atoms with Crippen LogP contribution >= 0.6 is 0 Å². The number of benzene rings is 12. The number of para-hydroxylation sites is 2. The first-order chi connectivity index (χ1) is 32.8. The molecule has 0 aliphatic heterocycles. The van der Waals surface area contributed by atoms with E-state index >= 15 is 0 Å². The predicted octanol–water partition coefficient (Wildman–Crippen LogP) is 17.9. The Morgan fingerprint density at radius 3 is 1.52 bits per heavy atom. The average molecular weight is 839 g/mol. The minimum Gasteiger partial charge on any atom is -0.310 e. The highest BCUT2D eigenvalue weighted by Gasteiger charge is 2.23. The van der Waals surface area contributed by atoms with Gasteiger partial charge in [0.05, 0.1) is 16.7 Å². The first kappa shape index (κ1) is 37.8. The number of rotatable bonds is 7. The van der Waals surface area contributed by atoms with E-state index in [1.807, 2.05) is 0 Å². The fourth-order valence-corrected chi connectivity index (χ4v) is 10.6. The molecule has 0 fully saturated rings. The van der Waals surface area contributed by atoms with E-state index in [1.165, 1.54) is 92.7 Å². The minimum absolute atomic E-state index is 1.09. The molecule has 13 rings (SSSR count). The van der Waals surface area contributed by atoms with Crippen molar-refractivity contribution in [1.82, 2.24) is 4.57 Å². The summed E-state index contributed by atoms with van der Waals surface area (Å²) in [6.07, 6.45) is 0. The molecule has 66 heavy (non-hydrogen) atoms. The molecule has 12 aromatic carbocycles. The molecular formula is C64H42N2. The van der Waals surface area contributed by atoms with Gasteiger partial charge in [-0.1, -0.05) is 194 Å². The zero-order chi connectivity index (χ0) is 43.6. The lowest BCUT2D eigenvalue weighted by Crippen LogP contribution is -2.11. The second-order valence-electron chi connectivity index (χ2n) is 17.2. The van der Waals surface area contributed by atoms with Crippen LogP contribution in [0.5, 0.6) is 0 Å². The van der Waals surface area contributed by atoms with Gasteiger partial charge in [-0.3, -0.25) is 0 Å². The minimum atomic E-state index is 1.09. The SMILES string of the molecule is c1ccc(-c2c(-c3ccccc3)c3cc(N(c4cccc(-c5ccc6c(c5)c5ccccc5n6-c5ccccc5)c4)c4cc5ccccc5c5ccccc45)ccc3c3ccccc23)cc1. The molecule has 2 nitrogen and oxygen atoms in total. The highest BCUT2D eigenvalue weighted by atomic mass is 15.1. The summed E-state index contributed by atoms with van der Waals surface area (Å²) in [5.41, 5.74) is 14.1. The van der Waals surface area contributed by atoms with E-state index in [4.69, 9.17) is 0 Å². The van der Waals surface area contributed by atoms with Crippen LogP contribution in [0.15, 0.2) is 255 Å². The third-order valence-corrected chi connectivity index (χ3v) is 13.5. The van der Waals surface area contributed by atoms with Gasteiger partial charge in [-0.15, -0.1) is 0 Å². The van der Waals surface area contributed by atoms with Crippen molar-refractivity contribution in [3.63, 3.8) is 0 Å². The van der Waals surface area contributed by atoms with Crippen molar-refractivity contribution in [1.29, 1.82) is 0 Å². The number of hydrogen-bond donors (Lipinski definition) is 0. The normalized spacial score (nSPS) is 11.6. The Labute approximate surface area is 383 Å².